The highest BCUT2D eigenvalue weighted by molar-refractivity contribution is 7.16. The number of carbonyl (C=O) groups is 1. The molecule has 0 fully saturated rings. The number of aromatic nitrogens is 1. The molecule has 1 amide bonds. The Balaban J connectivity index is 1.60. The Kier molecular flexibility index (Phi) is 6.05. The summed E-state index contributed by atoms with van der Waals surface area (Å²) in [6.07, 6.45) is 8.86. The lowest BCUT2D eigenvalue weighted by atomic mass is 10.2. The topological polar surface area (TPSA) is 62.1 Å². The van der Waals surface area contributed by atoms with Gasteiger partial charge in [-0.25, -0.2) is 0 Å². The van der Waals surface area contributed by atoms with Crippen molar-refractivity contribution < 1.29 is 19.0 Å². The Morgan fingerprint density at radius 3 is 2.73 bits per heavy atom. The van der Waals surface area contributed by atoms with E-state index in [1.165, 1.54) is 11.3 Å². The van der Waals surface area contributed by atoms with Gasteiger partial charge in [0.25, 0.3) is 5.91 Å². The van der Waals surface area contributed by atoms with Crippen molar-refractivity contribution in [2.24, 2.45) is 4.99 Å². The van der Waals surface area contributed by atoms with Gasteiger partial charge >= 0.3 is 0 Å². The maximum absolute atomic E-state index is 12.7. The van der Waals surface area contributed by atoms with Gasteiger partial charge in [0.1, 0.15) is 5.75 Å². The minimum atomic E-state index is -0.329. The van der Waals surface area contributed by atoms with Gasteiger partial charge in [0.2, 0.25) is 6.79 Å². The molecule has 1 aromatic heterocycles. The summed E-state index contributed by atoms with van der Waals surface area (Å²) in [6.45, 7) is 3.34. The van der Waals surface area contributed by atoms with Crippen molar-refractivity contribution in [2.75, 3.05) is 13.4 Å². The summed E-state index contributed by atoms with van der Waals surface area (Å²) in [5.41, 5.74) is 1.36. The predicted octanol–water partition coefficient (Wildman–Crippen LogP) is 4.37. The van der Waals surface area contributed by atoms with Crippen LogP contribution in [0.15, 0.2) is 41.4 Å². The van der Waals surface area contributed by atoms with Gasteiger partial charge in [-0.1, -0.05) is 37.0 Å². The molecule has 0 saturated carbocycles. The van der Waals surface area contributed by atoms with Gasteiger partial charge in [0.15, 0.2) is 16.3 Å². The first kappa shape index (κ1) is 20.0. The van der Waals surface area contributed by atoms with Gasteiger partial charge in [0, 0.05) is 17.7 Å². The number of carbonyl (C=O) groups excluding carboxylic acids is 1. The van der Waals surface area contributed by atoms with Crippen molar-refractivity contribution in [1.29, 1.82) is 0 Å². The molecule has 0 saturated heterocycles. The number of nitrogens with zero attached hydrogens (tertiary/aromatic N) is 2. The molecule has 2 heterocycles. The first-order chi connectivity index (χ1) is 14.7. The number of thiazole rings is 1. The van der Waals surface area contributed by atoms with E-state index in [0.29, 0.717) is 35.0 Å². The number of hydrogen-bond acceptors (Lipinski definition) is 5. The zero-order valence-corrected chi connectivity index (χ0v) is 17.5. The molecule has 2 aromatic carbocycles. The fraction of sp³-hybridized carbons (Fsp3) is 0.304. The molecule has 0 radical (unpaired) electrons. The Bertz CT molecular complexity index is 1170. The van der Waals surface area contributed by atoms with Gasteiger partial charge in [-0.15, -0.1) is 6.42 Å². The van der Waals surface area contributed by atoms with Crippen molar-refractivity contribution in [2.45, 2.75) is 32.7 Å². The maximum Gasteiger partial charge on any atom is 0.279 e. The highest BCUT2D eigenvalue weighted by atomic mass is 32.1. The SMILES string of the molecule is C#CCn1c(=NC(=O)c2ccc(OCCCCC)cc2)sc2cc3c(cc21)OCO3. The summed E-state index contributed by atoms with van der Waals surface area (Å²) in [6, 6.07) is 10.8. The van der Waals surface area contributed by atoms with E-state index in [-0.39, 0.29) is 12.7 Å². The van der Waals surface area contributed by atoms with Crippen LogP contribution in [0.2, 0.25) is 0 Å². The molecule has 0 N–H and O–H groups in total. The van der Waals surface area contributed by atoms with Gasteiger partial charge in [-0.3, -0.25) is 4.79 Å². The van der Waals surface area contributed by atoms with Gasteiger partial charge in [-0.2, -0.15) is 4.99 Å². The first-order valence-electron chi connectivity index (χ1n) is 9.88. The lowest BCUT2D eigenvalue weighted by Crippen LogP contribution is -2.16. The molecule has 154 valence electrons. The summed E-state index contributed by atoms with van der Waals surface area (Å²) in [7, 11) is 0. The average Bonchev–Trinajstić information content (AvgIpc) is 3.34. The molecule has 0 atom stereocenters. The second-order valence-electron chi connectivity index (χ2n) is 6.85. The first-order valence-corrected chi connectivity index (χ1v) is 10.7. The number of terminal acetylenes is 1. The molecule has 0 bridgehead atoms. The minimum Gasteiger partial charge on any atom is -0.494 e. The summed E-state index contributed by atoms with van der Waals surface area (Å²) in [5.74, 6) is 4.40. The van der Waals surface area contributed by atoms with Crippen molar-refractivity contribution in [3.63, 3.8) is 0 Å². The Morgan fingerprint density at radius 2 is 2.00 bits per heavy atom. The van der Waals surface area contributed by atoms with Crippen LogP contribution in [0.5, 0.6) is 17.2 Å². The normalized spacial score (nSPS) is 12.9. The summed E-state index contributed by atoms with van der Waals surface area (Å²) >= 11 is 1.39. The number of rotatable bonds is 7. The molecule has 1 aliphatic rings. The van der Waals surface area contributed by atoms with Crippen LogP contribution in [0.1, 0.15) is 36.5 Å². The highest BCUT2D eigenvalue weighted by Gasteiger charge is 2.18. The van der Waals surface area contributed by atoms with Crippen LogP contribution in [0.25, 0.3) is 10.2 Å². The van der Waals surface area contributed by atoms with E-state index < -0.39 is 0 Å². The molecule has 0 unspecified atom stereocenters. The number of fused-ring (bicyclic) bond motifs is 2. The third-order valence-corrected chi connectivity index (χ3v) is 5.78. The van der Waals surface area contributed by atoms with Crippen LogP contribution in [0.3, 0.4) is 0 Å². The van der Waals surface area contributed by atoms with Crippen molar-refractivity contribution in [3.05, 3.63) is 46.8 Å². The maximum atomic E-state index is 12.7. The molecule has 30 heavy (non-hydrogen) atoms. The Morgan fingerprint density at radius 1 is 1.23 bits per heavy atom. The molecule has 6 nitrogen and oxygen atoms in total. The number of amides is 1. The number of ether oxygens (including phenoxy) is 3. The monoisotopic (exact) mass is 422 g/mol. The molecule has 3 aromatic rings. The minimum absolute atomic E-state index is 0.204. The Hall–Kier alpha value is -3.24. The zero-order chi connectivity index (χ0) is 20.9. The van der Waals surface area contributed by atoms with Crippen LogP contribution < -0.4 is 19.0 Å². The zero-order valence-electron chi connectivity index (χ0n) is 16.7. The number of benzene rings is 2. The van der Waals surface area contributed by atoms with Crippen LogP contribution in [-0.4, -0.2) is 23.9 Å². The summed E-state index contributed by atoms with van der Waals surface area (Å²) < 4.78 is 19.4. The van der Waals surface area contributed by atoms with E-state index in [0.717, 1.165) is 35.2 Å². The van der Waals surface area contributed by atoms with Gasteiger partial charge < -0.3 is 18.8 Å². The van der Waals surface area contributed by atoms with E-state index in [4.69, 9.17) is 20.6 Å². The summed E-state index contributed by atoms with van der Waals surface area (Å²) in [5, 5.41) is 0. The van der Waals surface area contributed by atoms with E-state index in [2.05, 4.69) is 17.8 Å². The third kappa shape index (κ3) is 4.19. The lowest BCUT2D eigenvalue weighted by molar-refractivity contribution is 0.0998. The van der Waals surface area contributed by atoms with Crippen molar-refractivity contribution >= 4 is 27.5 Å². The standard InChI is InChI=1S/C23H22N2O4S/c1-3-5-6-12-27-17-9-7-16(8-10-17)22(26)24-23-25(11-4-2)18-13-19-20(29-15-28-19)14-21(18)30-23/h2,7-10,13-14H,3,5-6,11-12,15H2,1H3. The molecule has 0 spiro atoms. The molecular weight excluding hydrogens is 400 g/mol. The second kappa shape index (κ2) is 9.06. The molecule has 1 aliphatic heterocycles. The highest BCUT2D eigenvalue weighted by Crippen LogP contribution is 2.36. The fourth-order valence-corrected chi connectivity index (χ4v) is 4.21. The lowest BCUT2D eigenvalue weighted by Gasteiger charge is -2.05. The van der Waals surface area contributed by atoms with E-state index in [1.54, 1.807) is 24.3 Å². The average molecular weight is 423 g/mol. The van der Waals surface area contributed by atoms with Crippen LogP contribution in [0.4, 0.5) is 0 Å². The third-order valence-electron chi connectivity index (χ3n) is 4.74. The van der Waals surface area contributed by atoms with Crippen LogP contribution in [-0.2, 0) is 6.54 Å². The molecule has 0 aliphatic carbocycles. The Labute approximate surface area is 178 Å². The van der Waals surface area contributed by atoms with Crippen LogP contribution >= 0.6 is 11.3 Å². The molecule has 7 heteroatoms. The van der Waals surface area contributed by atoms with Gasteiger partial charge in [-0.05, 0) is 30.7 Å². The van der Waals surface area contributed by atoms with E-state index in [1.807, 2.05) is 16.7 Å². The van der Waals surface area contributed by atoms with E-state index >= 15 is 0 Å². The van der Waals surface area contributed by atoms with Gasteiger partial charge in [0.05, 0.1) is 23.4 Å². The number of unbranched alkanes of at least 4 members (excludes halogenated alkanes) is 2. The van der Waals surface area contributed by atoms with Crippen molar-refractivity contribution in [3.8, 4) is 29.6 Å². The second-order valence-corrected chi connectivity index (χ2v) is 7.85. The number of hydrogen-bond donors (Lipinski definition) is 0. The fourth-order valence-electron chi connectivity index (χ4n) is 3.18. The predicted molar refractivity (Wildman–Crippen MR) is 116 cm³/mol. The quantitative estimate of drug-likeness (QED) is 0.419. The molecule has 4 rings (SSSR count). The van der Waals surface area contributed by atoms with Crippen molar-refractivity contribution in [1.82, 2.24) is 4.57 Å². The van der Waals surface area contributed by atoms with Crippen LogP contribution in [0, 0.1) is 12.3 Å². The van der Waals surface area contributed by atoms with E-state index in [9.17, 15) is 4.79 Å². The molecular formula is C23H22N2O4S. The largest absolute Gasteiger partial charge is 0.494 e. The smallest absolute Gasteiger partial charge is 0.279 e. The summed E-state index contributed by atoms with van der Waals surface area (Å²) in [4.78, 5) is 17.6.